The zero-order valence-electron chi connectivity index (χ0n) is 13.1. The number of methoxy groups -OCH3 is 1. The van der Waals surface area contributed by atoms with Crippen molar-refractivity contribution in [3.8, 4) is 5.75 Å². The molecule has 1 aliphatic rings. The van der Waals surface area contributed by atoms with Crippen LogP contribution in [0.1, 0.15) is 46.0 Å². The number of nitrogens with two attached hydrogens (primary N) is 1. The first-order chi connectivity index (χ1) is 9.61. The summed E-state index contributed by atoms with van der Waals surface area (Å²) in [5.41, 5.74) is 8.26. The van der Waals surface area contributed by atoms with Crippen molar-refractivity contribution in [2.24, 2.45) is 5.92 Å². The van der Waals surface area contributed by atoms with Gasteiger partial charge in [0.05, 0.1) is 18.5 Å². The summed E-state index contributed by atoms with van der Waals surface area (Å²) in [5, 5.41) is 0. The van der Waals surface area contributed by atoms with Crippen LogP contribution in [0, 0.1) is 5.92 Å². The van der Waals surface area contributed by atoms with Crippen molar-refractivity contribution >= 4 is 11.4 Å². The molecule has 1 fully saturated rings. The fourth-order valence-corrected chi connectivity index (χ4v) is 3.03. The molecular weight excluding hydrogens is 248 g/mol. The van der Waals surface area contributed by atoms with Crippen LogP contribution < -0.4 is 15.4 Å². The molecule has 2 rings (SSSR count). The van der Waals surface area contributed by atoms with Crippen LogP contribution in [0.25, 0.3) is 0 Å². The van der Waals surface area contributed by atoms with Gasteiger partial charge in [0.2, 0.25) is 0 Å². The van der Waals surface area contributed by atoms with Crippen LogP contribution in [0.4, 0.5) is 11.4 Å². The average Bonchev–Trinajstić information content (AvgIpc) is 2.94. The Hall–Kier alpha value is -1.38. The van der Waals surface area contributed by atoms with Crippen molar-refractivity contribution in [3.63, 3.8) is 0 Å². The number of hydrogen-bond donors (Lipinski definition) is 1. The van der Waals surface area contributed by atoms with E-state index in [-0.39, 0.29) is 0 Å². The first-order valence-corrected chi connectivity index (χ1v) is 7.82. The van der Waals surface area contributed by atoms with Gasteiger partial charge in [0, 0.05) is 18.7 Å². The normalized spacial score (nSPS) is 15.8. The van der Waals surface area contributed by atoms with E-state index < -0.39 is 0 Å². The molecule has 1 aromatic carbocycles. The average molecular weight is 276 g/mol. The molecule has 0 unspecified atom stereocenters. The van der Waals surface area contributed by atoms with Crippen molar-refractivity contribution in [2.45, 2.75) is 52.0 Å². The minimum absolute atomic E-state index is 0.657. The van der Waals surface area contributed by atoms with Crippen molar-refractivity contribution in [3.05, 3.63) is 18.2 Å². The largest absolute Gasteiger partial charge is 0.497 e. The molecule has 1 aromatic rings. The fourth-order valence-electron chi connectivity index (χ4n) is 3.03. The summed E-state index contributed by atoms with van der Waals surface area (Å²) in [7, 11) is 1.68. The topological polar surface area (TPSA) is 38.5 Å². The quantitative estimate of drug-likeness (QED) is 0.796. The van der Waals surface area contributed by atoms with E-state index in [4.69, 9.17) is 10.5 Å². The highest BCUT2D eigenvalue weighted by Crippen LogP contribution is 2.34. The first kappa shape index (κ1) is 15.0. The van der Waals surface area contributed by atoms with Gasteiger partial charge in [-0.05, 0) is 37.3 Å². The van der Waals surface area contributed by atoms with E-state index >= 15 is 0 Å². The van der Waals surface area contributed by atoms with E-state index in [0.717, 1.165) is 23.9 Å². The second-order valence-corrected chi connectivity index (χ2v) is 6.24. The molecule has 1 aliphatic carbocycles. The molecule has 0 spiro atoms. The van der Waals surface area contributed by atoms with E-state index in [2.05, 4.69) is 24.8 Å². The second-order valence-electron chi connectivity index (χ2n) is 6.24. The van der Waals surface area contributed by atoms with E-state index in [9.17, 15) is 0 Å². The molecule has 0 atom stereocenters. The number of hydrogen-bond acceptors (Lipinski definition) is 3. The molecule has 2 N–H and O–H groups in total. The number of anilines is 2. The van der Waals surface area contributed by atoms with E-state index in [1.807, 2.05) is 12.1 Å². The maximum atomic E-state index is 6.25. The third kappa shape index (κ3) is 3.59. The van der Waals surface area contributed by atoms with Gasteiger partial charge in [-0.2, -0.15) is 0 Å². The van der Waals surface area contributed by atoms with Gasteiger partial charge in [-0.25, -0.2) is 0 Å². The molecule has 20 heavy (non-hydrogen) atoms. The lowest BCUT2D eigenvalue weighted by Crippen LogP contribution is -2.35. The number of ether oxygens (including phenoxy) is 1. The number of nitrogen functional groups attached to an aromatic ring is 1. The number of benzene rings is 1. The van der Waals surface area contributed by atoms with Gasteiger partial charge in [0.1, 0.15) is 5.75 Å². The molecule has 112 valence electrons. The Kier molecular flexibility index (Phi) is 5.16. The number of rotatable bonds is 6. The molecule has 0 bridgehead atoms. The standard InChI is InChI=1S/C17H28N2O/c1-13(2)10-11-19(14-6-4-5-7-14)17-9-8-15(20-3)12-16(17)18/h8-9,12-14H,4-7,10-11,18H2,1-3H3. The highest BCUT2D eigenvalue weighted by molar-refractivity contribution is 5.70. The molecule has 0 saturated heterocycles. The molecule has 0 aromatic heterocycles. The Bertz CT molecular complexity index is 425. The van der Waals surface area contributed by atoms with E-state index in [1.54, 1.807) is 7.11 Å². The smallest absolute Gasteiger partial charge is 0.121 e. The third-order valence-corrected chi connectivity index (χ3v) is 4.26. The highest BCUT2D eigenvalue weighted by Gasteiger charge is 2.24. The Morgan fingerprint density at radius 3 is 2.55 bits per heavy atom. The summed E-state index contributed by atoms with van der Waals surface area (Å²) in [6.07, 6.45) is 6.49. The minimum Gasteiger partial charge on any atom is -0.497 e. The first-order valence-electron chi connectivity index (χ1n) is 7.82. The van der Waals surface area contributed by atoms with E-state index in [0.29, 0.717) is 6.04 Å². The monoisotopic (exact) mass is 276 g/mol. The Labute approximate surface area is 123 Å². The lowest BCUT2D eigenvalue weighted by molar-refractivity contribution is 0.415. The lowest BCUT2D eigenvalue weighted by Gasteiger charge is -2.33. The summed E-state index contributed by atoms with van der Waals surface area (Å²) in [6, 6.07) is 6.73. The summed E-state index contributed by atoms with van der Waals surface area (Å²) in [6.45, 7) is 5.66. The zero-order chi connectivity index (χ0) is 14.5. The van der Waals surface area contributed by atoms with Crippen molar-refractivity contribution in [1.29, 1.82) is 0 Å². The maximum absolute atomic E-state index is 6.25. The molecule has 3 nitrogen and oxygen atoms in total. The molecule has 0 amide bonds. The van der Waals surface area contributed by atoms with Crippen molar-refractivity contribution in [2.75, 3.05) is 24.3 Å². The molecule has 0 radical (unpaired) electrons. The van der Waals surface area contributed by atoms with Gasteiger partial charge in [0.15, 0.2) is 0 Å². The molecule has 0 aliphatic heterocycles. The predicted molar refractivity (Wildman–Crippen MR) is 86.5 cm³/mol. The molecule has 3 heteroatoms. The lowest BCUT2D eigenvalue weighted by atomic mass is 10.1. The maximum Gasteiger partial charge on any atom is 0.121 e. The van der Waals surface area contributed by atoms with Gasteiger partial charge < -0.3 is 15.4 Å². The molecule has 0 heterocycles. The zero-order valence-corrected chi connectivity index (χ0v) is 13.1. The summed E-state index contributed by atoms with van der Waals surface area (Å²) in [5.74, 6) is 1.56. The van der Waals surface area contributed by atoms with Crippen molar-refractivity contribution < 1.29 is 4.74 Å². The number of nitrogens with zero attached hydrogens (tertiary/aromatic N) is 1. The fraction of sp³-hybridized carbons (Fsp3) is 0.647. The summed E-state index contributed by atoms with van der Waals surface area (Å²) < 4.78 is 5.25. The third-order valence-electron chi connectivity index (χ3n) is 4.26. The molecule has 1 saturated carbocycles. The highest BCUT2D eigenvalue weighted by atomic mass is 16.5. The van der Waals surface area contributed by atoms with Crippen LogP contribution in [0.3, 0.4) is 0 Å². The Morgan fingerprint density at radius 2 is 2.00 bits per heavy atom. The van der Waals surface area contributed by atoms with Crippen LogP contribution in [0.2, 0.25) is 0 Å². The molecular formula is C17H28N2O. The Morgan fingerprint density at radius 1 is 1.30 bits per heavy atom. The van der Waals surface area contributed by atoms with Crippen LogP contribution in [-0.2, 0) is 0 Å². The predicted octanol–water partition coefficient (Wildman–Crippen LogP) is 4.07. The van der Waals surface area contributed by atoms with Gasteiger partial charge >= 0.3 is 0 Å². The van der Waals surface area contributed by atoms with Crippen LogP contribution >= 0.6 is 0 Å². The minimum atomic E-state index is 0.657. The van der Waals surface area contributed by atoms with Gasteiger partial charge in [0.25, 0.3) is 0 Å². The summed E-state index contributed by atoms with van der Waals surface area (Å²) >= 11 is 0. The summed E-state index contributed by atoms with van der Waals surface area (Å²) in [4.78, 5) is 2.53. The Balaban J connectivity index is 2.20. The second kappa shape index (κ2) is 6.87. The SMILES string of the molecule is COc1ccc(N(CCC(C)C)C2CCCC2)c(N)c1. The van der Waals surface area contributed by atoms with Crippen LogP contribution in [-0.4, -0.2) is 19.7 Å². The van der Waals surface area contributed by atoms with Crippen LogP contribution in [0.5, 0.6) is 5.75 Å². The van der Waals surface area contributed by atoms with Gasteiger partial charge in [-0.15, -0.1) is 0 Å². The van der Waals surface area contributed by atoms with Gasteiger partial charge in [-0.1, -0.05) is 26.7 Å². The van der Waals surface area contributed by atoms with E-state index in [1.165, 1.54) is 37.8 Å². The van der Waals surface area contributed by atoms with Crippen LogP contribution in [0.15, 0.2) is 18.2 Å². The van der Waals surface area contributed by atoms with Gasteiger partial charge in [-0.3, -0.25) is 0 Å². The van der Waals surface area contributed by atoms with Crippen molar-refractivity contribution in [1.82, 2.24) is 0 Å².